The van der Waals surface area contributed by atoms with Crippen molar-refractivity contribution in [3.63, 3.8) is 0 Å². The van der Waals surface area contributed by atoms with E-state index in [1.165, 1.54) is 0 Å². The van der Waals surface area contributed by atoms with E-state index >= 15 is 0 Å². The van der Waals surface area contributed by atoms with Gasteiger partial charge in [0.25, 0.3) is 0 Å². The van der Waals surface area contributed by atoms with Gasteiger partial charge >= 0.3 is 0 Å². The van der Waals surface area contributed by atoms with E-state index in [1.54, 1.807) is 11.8 Å². The van der Waals surface area contributed by atoms with Gasteiger partial charge in [0.1, 0.15) is 0 Å². The lowest BCUT2D eigenvalue weighted by molar-refractivity contribution is 0.520. The quantitative estimate of drug-likeness (QED) is 0.436. The van der Waals surface area contributed by atoms with Crippen LogP contribution in [0.3, 0.4) is 0 Å². The van der Waals surface area contributed by atoms with Crippen LogP contribution in [0.15, 0.2) is 0 Å². The number of hydrogen-bond acceptors (Lipinski definition) is 5. The maximum Gasteiger partial charge on any atom is 0.0610 e. The molecule has 1 rings (SSSR count). The average molecular weight is 259 g/mol. The maximum absolute atomic E-state index is 4.66. The molecule has 12 heavy (non-hydrogen) atoms. The van der Waals surface area contributed by atoms with Gasteiger partial charge in [-0.15, -0.1) is 11.8 Å². The molecule has 1 saturated carbocycles. The molecule has 0 amide bonds. The molecule has 72 valence electrons. The monoisotopic (exact) mass is 258 g/mol. The van der Waals surface area contributed by atoms with E-state index in [4.69, 9.17) is 0 Å². The van der Waals surface area contributed by atoms with Crippen LogP contribution in [0.4, 0.5) is 0 Å². The van der Waals surface area contributed by atoms with E-state index in [-0.39, 0.29) is 4.08 Å². The summed E-state index contributed by atoms with van der Waals surface area (Å²) in [6, 6.07) is 0. The van der Waals surface area contributed by atoms with Gasteiger partial charge in [-0.05, 0) is 19.3 Å². The van der Waals surface area contributed by atoms with Crippen LogP contribution < -0.4 is 0 Å². The van der Waals surface area contributed by atoms with Gasteiger partial charge in [-0.1, -0.05) is 0 Å². The van der Waals surface area contributed by atoms with Crippen molar-refractivity contribution in [2.75, 3.05) is 5.08 Å². The van der Waals surface area contributed by atoms with Gasteiger partial charge in [-0.25, -0.2) is 0 Å². The highest BCUT2D eigenvalue weighted by molar-refractivity contribution is 8.17. The largest absolute Gasteiger partial charge is 0.176 e. The number of thioether (sulfide) groups is 1. The second kappa shape index (κ2) is 5.01. The molecule has 0 radical (unpaired) electrons. The molecule has 0 aliphatic heterocycles. The van der Waals surface area contributed by atoms with E-state index in [0.29, 0.717) is 10.5 Å². The van der Waals surface area contributed by atoms with Gasteiger partial charge in [-0.2, -0.15) is 50.5 Å². The summed E-state index contributed by atoms with van der Waals surface area (Å²) in [7, 11) is 0. The summed E-state index contributed by atoms with van der Waals surface area (Å²) in [6.45, 7) is 0. The molecule has 1 aliphatic carbocycles. The molecule has 0 spiro atoms. The molecule has 0 bridgehead atoms. The second-order valence-corrected chi connectivity index (χ2v) is 7.89. The lowest BCUT2D eigenvalue weighted by atomic mass is 9.98. The number of rotatable bonds is 2. The predicted molar refractivity (Wildman–Crippen MR) is 72.6 cm³/mol. The molecule has 0 aromatic carbocycles. The Morgan fingerprint density at radius 3 is 2.17 bits per heavy atom. The lowest BCUT2D eigenvalue weighted by Crippen LogP contribution is -2.33. The Bertz CT molecular complexity index is 139. The third kappa shape index (κ3) is 3.48. The van der Waals surface area contributed by atoms with Crippen molar-refractivity contribution in [2.24, 2.45) is 0 Å². The highest BCUT2D eigenvalue weighted by Crippen LogP contribution is 2.46. The highest BCUT2D eigenvalue weighted by Gasteiger charge is 2.35. The summed E-state index contributed by atoms with van der Waals surface area (Å²) in [6.07, 6.45) is 3.21. The van der Waals surface area contributed by atoms with Crippen LogP contribution >= 0.6 is 62.3 Å². The SMILES string of the molecule is SCSC1(S)CC(S)CC(S)C1. The Hall–Kier alpha value is 1.75. The molecule has 2 unspecified atom stereocenters. The van der Waals surface area contributed by atoms with Crippen molar-refractivity contribution >= 4 is 62.3 Å². The molecular formula is C7H14S5. The normalized spacial score (nSPS) is 43.0. The Labute approximate surface area is 101 Å². The van der Waals surface area contributed by atoms with Gasteiger partial charge in [0.2, 0.25) is 0 Å². The Morgan fingerprint density at radius 1 is 1.25 bits per heavy atom. The Morgan fingerprint density at radius 2 is 1.75 bits per heavy atom. The Balaban J connectivity index is 2.52. The minimum absolute atomic E-state index is 0.0544. The molecule has 0 saturated heterocycles. The van der Waals surface area contributed by atoms with E-state index < -0.39 is 0 Å². The summed E-state index contributed by atoms with van der Waals surface area (Å²) in [5, 5.41) is 1.72. The van der Waals surface area contributed by atoms with Crippen LogP contribution in [0.25, 0.3) is 0 Å². The highest BCUT2D eigenvalue weighted by atomic mass is 32.2. The third-order valence-corrected chi connectivity index (χ3v) is 4.91. The molecule has 0 nitrogen and oxygen atoms in total. The van der Waals surface area contributed by atoms with Gasteiger partial charge in [-0.3, -0.25) is 0 Å². The summed E-state index contributed by atoms with van der Waals surface area (Å²) < 4.78 is 0.0544. The summed E-state index contributed by atoms with van der Waals surface area (Å²) in [5.41, 5.74) is 0. The van der Waals surface area contributed by atoms with Crippen LogP contribution in [-0.4, -0.2) is 19.7 Å². The number of thiol groups is 4. The molecule has 1 aliphatic rings. The Kier molecular flexibility index (Phi) is 4.93. The average Bonchev–Trinajstić information content (AvgIpc) is 1.82. The number of hydrogen-bond donors (Lipinski definition) is 4. The zero-order valence-electron chi connectivity index (χ0n) is 6.68. The first kappa shape index (κ1) is 11.8. The van der Waals surface area contributed by atoms with Crippen LogP contribution in [0.1, 0.15) is 19.3 Å². The van der Waals surface area contributed by atoms with E-state index in [1.807, 2.05) is 0 Å². The van der Waals surface area contributed by atoms with Crippen molar-refractivity contribution in [1.29, 1.82) is 0 Å². The van der Waals surface area contributed by atoms with E-state index in [2.05, 4.69) is 50.5 Å². The smallest absolute Gasteiger partial charge is 0.0610 e. The molecule has 1 fully saturated rings. The first-order chi connectivity index (χ1) is 5.56. The standard InChI is InChI=1S/C7H14S5/c8-4-12-7(11)2-5(9)1-6(10)3-7/h5-6,8-11H,1-4H2. The summed E-state index contributed by atoms with van der Waals surface area (Å²) in [4.78, 5) is 0. The predicted octanol–water partition coefficient (Wildman–Crippen LogP) is 3.01. The third-order valence-electron chi connectivity index (χ3n) is 1.99. The van der Waals surface area contributed by atoms with Crippen LogP contribution in [-0.2, 0) is 0 Å². The summed E-state index contributed by atoms with van der Waals surface area (Å²) in [5.74, 6) is 0. The fourth-order valence-electron chi connectivity index (χ4n) is 1.54. The van der Waals surface area contributed by atoms with Crippen molar-refractivity contribution in [1.82, 2.24) is 0 Å². The fraction of sp³-hybridized carbons (Fsp3) is 1.00. The second-order valence-electron chi connectivity index (χ2n) is 3.17. The van der Waals surface area contributed by atoms with Crippen molar-refractivity contribution in [3.8, 4) is 0 Å². The summed E-state index contributed by atoms with van der Waals surface area (Å²) >= 11 is 19.6. The van der Waals surface area contributed by atoms with Crippen molar-refractivity contribution < 1.29 is 0 Å². The van der Waals surface area contributed by atoms with Gasteiger partial charge in [0, 0.05) is 15.6 Å². The zero-order chi connectivity index (χ0) is 9.19. The zero-order valence-corrected chi connectivity index (χ0v) is 11.1. The molecule has 0 heterocycles. The van der Waals surface area contributed by atoms with Crippen LogP contribution in [0.5, 0.6) is 0 Å². The molecule has 0 N–H and O–H groups in total. The molecule has 2 atom stereocenters. The first-order valence-corrected chi connectivity index (χ1v) is 6.99. The first-order valence-electron chi connectivity index (χ1n) is 3.89. The van der Waals surface area contributed by atoms with Gasteiger partial charge in [0.15, 0.2) is 0 Å². The van der Waals surface area contributed by atoms with Crippen molar-refractivity contribution in [2.45, 2.75) is 33.8 Å². The van der Waals surface area contributed by atoms with E-state index in [0.717, 1.165) is 24.3 Å². The van der Waals surface area contributed by atoms with Gasteiger partial charge in [0.05, 0.1) is 4.08 Å². The maximum atomic E-state index is 4.66. The van der Waals surface area contributed by atoms with Crippen LogP contribution in [0.2, 0.25) is 0 Å². The molecule has 0 aromatic rings. The molecule has 5 heteroatoms. The van der Waals surface area contributed by atoms with E-state index in [9.17, 15) is 0 Å². The minimum atomic E-state index is 0.0544. The topological polar surface area (TPSA) is 0 Å². The van der Waals surface area contributed by atoms with Crippen molar-refractivity contribution in [3.05, 3.63) is 0 Å². The fourth-order valence-corrected chi connectivity index (χ4v) is 5.93. The molecular weight excluding hydrogens is 244 g/mol. The van der Waals surface area contributed by atoms with Crippen LogP contribution in [0, 0.1) is 0 Å². The van der Waals surface area contributed by atoms with Gasteiger partial charge < -0.3 is 0 Å². The minimum Gasteiger partial charge on any atom is -0.176 e. The lowest BCUT2D eigenvalue weighted by Gasteiger charge is -2.37. The molecule has 0 aromatic heterocycles.